The van der Waals surface area contributed by atoms with Crippen molar-refractivity contribution in [2.75, 3.05) is 6.61 Å². The number of carbonyl (C=O) groups is 1. The lowest BCUT2D eigenvalue weighted by Gasteiger charge is -2.31. The van der Waals surface area contributed by atoms with Crippen LogP contribution in [-0.2, 0) is 25.4 Å². The first-order valence-electron chi connectivity index (χ1n) is 16.2. The molecule has 5 nitrogen and oxygen atoms in total. The molecule has 0 radical (unpaired) electrons. The lowest BCUT2D eigenvalue weighted by molar-refractivity contribution is -0.196. The van der Waals surface area contributed by atoms with Gasteiger partial charge < -0.3 is 19.3 Å². The fourth-order valence-electron chi connectivity index (χ4n) is 5.47. The molecule has 1 saturated heterocycles. The van der Waals surface area contributed by atoms with Crippen molar-refractivity contribution in [1.29, 1.82) is 0 Å². The molecule has 0 aromatic heterocycles. The van der Waals surface area contributed by atoms with Gasteiger partial charge in [-0.2, -0.15) is 0 Å². The number of ether oxygens (including phenoxy) is 3. The van der Waals surface area contributed by atoms with Crippen LogP contribution in [0.3, 0.4) is 0 Å². The van der Waals surface area contributed by atoms with Gasteiger partial charge in [-0.25, -0.2) is 0 Å². The second-order valence-electron chi connectivity index (χ2n) is 11.7. The molecule has 1 N–H and O–H groups in total. The molecule has 39 heavy (non-hydrogen) atoms. The molecule has 2 unspecified atom stereocenters. The van der Waals surface area contributed by atoms with Crippen LogP contribution in [0.1, 0.15) is 135 Å². The van der Waals surface area contributed by atoms with Crippen molar-refractivity contribution in [2.24, 2.45) is 5.92 Å². The largest absolute Gasteiger partial charge is 0.462 e. The lowest BCUT2D eigenvalue weighted by atomic mass is 9.89. The van der Waals surface area contributed by atoms with Gasteiger partial charge >= 0.3 is 5.97 Å². The first-order chi connectivity index (χ1) is 19.0. The first kappa shape index (κ1) is 33.8. The molecule has 0 aliphatic carbocycles. The molecule has 0 spiro atoms. The van der Waals surface area contributed by atoms with E-state index in [2.05, 4.69) is 13.8 Å². The molecular weight excluding hydrogens is 488 g/mol. The highest BCUT2D eigenvalue weighted by Gasteiger charge is 2.32. The minimum atomic E-state index is -0.830. The van der Waals surface area contributed by atoms with Gasteiger partial charge in [-0.15, -0.1) is 0 Å². The minimum absolute atomic E-state index is 0.128. The number of benzene rings is 1. The number of hydrogen-bond donors (Lipinski definition) is 1. The predicted octanol–water partition coefficient (Wildman–Crippen LogP) is 8.55. The molecule has 0 amide bonds. The van der Waals surface area contributed by atoms with Gasteiger partial charge in [0.05, 0.1) is 24.2 Å². The smallest absolute Gasteiger partial charge is 0.312 e. The van der Waals surface area contributed by atoms with E-state index < -0.39 is 12.0 Å². The monoisotopic (exact) mass is 546 g/mol. The van der Waals surface area contributed by atoms with Crippen molar-refractivity contribution < 1.29 is 24.1 Å². The molecule has 1 aromatic carbocycles. The Morgan fingerprint density at radius 3 is 2.23 bits per heavy atom. The number of esters is 1. The van der Waals surface area contributed by atoms with Crippen LogP contribution >= 0.6 is 0 Å². The summed E-state index contributed by atoms with van der Waals surface area (Å²) in [6.07, 6.45) is 17.9. The highest BCUT2D eigenvalue weighted by atomic mass is 16.7. The molecule has 5 atom stereocenters. The summed E-state index contributed by atoms with van der Waals surface area (Å²) in [4.78, 5) is 13.3. The summed E-state index contributed by atoms with van der Waals surface area (Å²) in [6.45, 7) is 7.08. The normalized spacial score (nSPS) is 18.8. The van der Waals surface area contributed by atoms with Crippen LogP contribution in [0.2, 0.25) is 0 Å². The Labute approximate surface area is 239 Å². The topological polar surface area (TPSA) is 65.0 Å². The van der Waals surface area contributed by atoms with Gasteiger partial charge in [0.2, 0.25) is 0 Å². The van der Waals surface area contributed by atoms with Crippen molar-refractivity contribution in [3.05, 3.63) is 35.9 Å². The molecular formula is C34H58O5. The number of aliphatic hydroxyl groups is 1. The molecule has 1 aliphatic rings. The van der Waals surface area contributed by atoms with Gasteiger partial charge in [0, 0.05) is 13.0 Å². The highest BCUT2D eigenvalue weighted by Crippen LogP contribution is 2.25. The average Bonchev–Trinajstić information content (AvgIpc) is 2.94. The Morgan fingerprint density at radius 2 is 1.59 bits per heavy atom. The van der Waals surface area contributed by atoms with Crippen molar-refractivity contribution >= 4 is 5.97 Å². The summed E-state index contributed by atoms with van der Waals surface area (Å²) >= 11 is 0. The van der Waals surface area contributed by atoms with Crippen LogP contribution in [0, 0.1) is 5.92 Å². The van der Waals surface area contributed by atoms with E-state index >= 15 is 0 Å². The van der Waals surface area contributed by atoms with Crippen molar-refractivity contribution in [2.45, 2.75) is 161 Å². The zero-order valence-electron chi connectivity index (χ0n) is 25.3. The number of hydrogen-bond acceptors (Lipinski definition) is 5. The fraction of sp³-hybridized carbons (Fsp3) is 0.794. The van der Waals surface area contributed by atoms with E-state index in [-0.39, 0.29) is 24.5 Å². The average molecular weight is 547 g/mol. The number of carbonyl (C=O) groups excluding carboxylic acids is 1. The summed E-state index contributed by atoms with van der Waals surface area (Å²) in [5, 5.41) is 11.5. The standard InChI is InChI=1S/C34H58O5/c1-4-6-8-9-10-11-12-13-17-23-30(39-33-24-18-19-25-37-33)27-32(35)31(26-29-21-15-14-16-22-29)34(36)38-28(3)20-7-5-2/h14-16,21-22,28,30-33,35H,4-13,17-20,23-27H2,1-3H3/t28?,30-,31?,32+,33+/m1/s1. The van der Waals surface area contributed by atoms with E-state index in [0.29, 0.717) is 12.8 Å². The molecule has 0 saturated carbocycles. The van der Waals surface area contributed by atoms with Crippen LogP contribution in [0.5, 0.6) is 0 Å². The summed E-state index contributed by atoms with van der Waals surface area (Å²) in [7, 11) is 0. The second kappa shape index (κ2) is 21.3. The maximum absolute atomic E-state index is 13.3. The van der Waals surface area contributed by atoms with E-state index in [4.69, 9.17) is 14.2 Å². The van der Waals surface area contributed by atoms with Gasteiger partial charge in [0.1, 0.15) is 0 Å². The van der Waals surface area contributed by atoms with Crippen molar-refractivity contribution in [1.82, 2.24) is 0 Å². The molecule has 224 valence electrons. The third kappa shape index (κ3) is 15.2. The maximum Gasteiger partial charge on any atom is 0.312 e. The third-order valence-corrected chi connectivity index (χ3v) is 7.96. The Balaban J connectivity index is 1.97. The van der Waals surface area contributed by atoms with E-state index in [1.165, 1.54) is 51.4 Å². The van der Waals surface area contributed by atoms with Crippen LogP contribution < -0.4 is 0 Å². The Hall–Kier alpha value is -1.43. The highest BCUT2D eigenvalue weighted by molar-refractivity contribution is 5.73. The second-order valence-corrected chi connectivity index (χ2v) is 11.7. The molecule has 1 fully saturated rings. The Morgan fingerprint density at radius 1 is 0.923 bits per heavy atom. The quantitative estimate of drug-likeness (QED) is 0.117. The van der Waals surface area contributed by atoms with Crippen LogP contribution in [0.4, 0.5) is 0 Å². The van der Waals surface area contributed by atoms with E-state index in [1.807, 2.05) is 37.3 Å². The van der Waals surface area contributed by atoms with Gasteiger partial charge in [0.15, 0.2) is 6.29 Å². The Kier molecular flexibility index (Phi) is 18.5. The first-order valence-corrected chi connectivity index (χ1v) is 16.2. The summed E-state index contributed by atoms with van der Waals surface area (Å²) in [6, 6.07) is 9.95. The zero-order valence-corrected chi connectivity index (χ0v) is 25.3. The number of rotatable bonds is 22. The Bertz CT molecular complexity index is 718. The van der Waals surface area contributed by atoms with Gasteiger partial charge in [0.25, 0.3) is 0 Å². The van der Waals surface area contributed by atoms with E-state index in [0.717, 1.165) is 63.5 Å². The van der Waals surface area contributed by atoms with Gasteiger partial charge in [-0.1, -0.05) is 115 Å². The van der Waals surface area contributed by atoms with Crippen LogP contribution in [-0.4, -0.2) is 42.3 Å². The molecule has 1 aliphatic heterocycles. The lowest BCUT2D eigenvalue weighted by Crippen LogP contribution is -2.37. The van der Waals surface area contributed by atoms with Crippen LogP contribution in [0.25, 0.3) is 0 Å². The molecule has 1 aromatic rings. The van der Waals surface area contributed by atoms with Crippen molar-refractivity contribution in [3.8, 4) is 0 Å². The SMILES string of the molecule is CCCCCCCCCCC[C@H](C[C@H](O)C(Cc1ccccc1)C(=O)OC(C)CCCC)O[C@H]1CCCCO1. The zero-order chi connectivity index (χ0) is 28.1. The van der Waals surface area contributed by atoms with Gasteiger partial charge in [-0.05, 0) is 51.0 Å². The molecule has 1 heterocycles. The molecule has 5 heteroatoms. The summed E-state index contributed by atoms with van der Waals surface area (Å²) in [5.41, 5.74) is 1.03. The number of unbranched alkanes of at least 4 members (excludes halogenated alkanes) is 9. The minimum Gasteiger partial charge on any atom is -0.462 e. The summed E-state index contributed by atoms with van der Waals surface area (Å²) in [5.74, 6) is -0.913. The molecule has 0 bridgehead atoms. The van der Waals surface area contributed by atoms with E-state index in [1.54, 1.807) is 0 Å². The molecule has 2 rings (SSSR count). The van der Waals surface area contributed by atoms with E-state index in [9.17, 15) is 9.90 Å². The fourth-order valence-corrected chi connectivity index (χ4v) is 5.47. The van der Waals surface area contributed by atoms with Gasteiger partial charge in [-0.3, -0.25) is 4.79 Å². The van der Waals surface area contributed by atoms with Crippen molar-refractivity contribution in [3.63, 3.8) is 0 Å². The number of aliphatic hydroxyl groups excluding tert-OH is 1. The predicted molar refractivity (Wildman–Crippen MR) is 160 cm³/mol. The van der Waals surface area contributed by atoms with Crippen LogP contribution in [0.15, 0.2) is 30.3 Å². The third-order valence-electron chi connectivity index (χ3n) is 7.96. The summed E-state index contributed by atoms with van der Waals surface area (Å²) < 4.78 is 18.1. The maximum atomic E-state index is 13.3.